The summed E-state index contributed by atoms with van der Waals surface area (Å²) in [6.45, 7) is 0. The molecule has 8 aromatic carbocycles. The van der Waals surface area contributed by atoms with Crippen molar-refractivity contribution < 1.29 is 0 Å². The lowest BCUT2D eigenvalue weighted by molar-refractivity contribution is 1.16. The van der Waals surface area contributed by atoms with Gasteiger partial charge in [0.25, 0.3) is 0 Å². The summed E-state index contributed by atoms with van der Waals surface area (Å²) in [5.74, 6) is 0. The Morgan fingerprint density at radius 3 is 1.65 bits per heavy atom. The van der Waals surface area contributed by atoms with Gasteiger partial charge in [0.15, 0.2) is 0 Å². The Morgan fingerprint density at radius 2 is 0.902 bits per heavy atom. The molecule has 2 nitrogen and oxygen atoms in total. The van der Waals surface area contributed by atoms with E-state index in [4.69, 9.17) is 0 Å². The van der Waals surface area contributed by atoms with E-state index < -0.39 is 0 Å². The summed E-state index contributed by atoms with van der Waals surface area (Å²) in [6, 6.07) is 66.6. The fraction of sp³-hybridized carbons (Fsp3) is 0. The largest absolute Gasteiger partial charge is 0.309 e. The Balaban J connectivity index is 1.13. The molecule has 0 aliphatic rings. The van der Waals surface area contributed by atoms with E-state index in [0.717, 1.165) is 11.4 Å². The number of thiophene rings is 1. The first-order valence-electron chi connectivity index (χ1n) is 17.4. The molecule has 3 heteroatoms. The van der Waals surface area contributed by atoms with E-state index in [1.807, 2.05) is 11.3 Å². The van der Waals surface area contributed by atoms with Crippen molar-refractivity contribution in [3.8, 4) is 33.6 Å². The maximum absolute atomic E-state index is 2.44. The summed E-state index contributed by atoms with van der Waals surface area (Å²) in [4.78, 5) is 0. The summed E-state index contributed by atoms with van der Waals surface area (Å²) >= 11 is 1.88. The molecule has 0 unspecified atom stereocenters. The molecule has 0 amide bonds. The first kappa shape index (κ1) is 28.4. The fourth-order valence-corrected chi connectivity index (χ4v) is 9.45. The molecule has 0 bridgehead atoms. The van der Waals surface area contributed by atoms with Gasteiger partial charge in [0.2, 0.25) is 0 Å². The van der Waals surface area contributed by atoms with E-state index in [-0.39, 0.29) is 0 Å². The topological polar surface area (TPSA) is 9.86 Å². The number of hydrogen-bond donors (Lipinski definition) is 0. The third kappa shape index (κ3) is 4.29. The van der Waals surface area contributed by atoms with E-state index in [2.05, 4.69) is 191 Å². The standard InChI is InChI=1S/C48H30N2S/c1-2-12-31(13-3-1)33-14-10-15-35(28-33)50-44-22-8-5-17-38(44)42-29-41-37-16-4-7-21-43(37)49(45(41)30-46(42)50)34-26-24-32(25-27-34)36-19-11-20-40-39-18-6-9-23-47(39)51-48(36)40/h1-30H. The van der Waals surface area contributed by atoms with Crippen molar-refractivity contribution in [2.45, 2.75) is 0 Å². The van der Waals surface area contributed by atoms with Gasteiger partial charge >= 0.3 is 0 Å². The van der Waals surface area contributed by atoms with Crippen LogP contribution in [0.15, 0.2) is 182 Å². The summed E-state index contributed by atoms with van der Waals surface area (Å²) < 4.78 is 7.55. The quantitative estimate of drug-likeness (QED) is 0.177. The molecule has 0 fully saturated rings. The molecule has 0 spiro atoms. The molecule has 11 aromatic rings. The van der Waals surface area contributed by atoms with Gasteiger partial charge in [-0.05, 0) is 76.9 Å². The Bertz CT molecular complexity index is 3120. The van der Waals surface area contributed by atoms with Gasteiger partial charge in [-0.3, -0.25) is 0 Å². The smallest absolute Gasteiger partial charge is 0.0562 e. The molecule has 0 saturated heterocycles. The molecular formula is C48H30N2S. The highest BCUT2D eigenvalue weighted by atomic mass is 32.1. The van der Waals surface area contributed by atoms with E-state index in [1.165, 1.54) is 86.0 Å². The van der Waals surface area contributed by atoms with Gasteiger partial charge in [0.05, 0.1) is 22.1 Å². The predicted molar refractivity (Wildman–Crippen MR) is 219 cm³/mol. The molecule has 238 valence electrons. The number of para-hydroxylation sites is 2. The van der Waals surface area contributed by atoms with Gasteiger partial charge in [-0.1, -0.05) is 127 Å². The van der Waals surface area contributed by atoms with Crippen molar-refractivity contribution in [3.05, 3.63) is 182 Å². The number of nitrogens with zero attached hydrogens (tertiary/aromatic N) is 2. The molecule has 0 N–H and O–H groups in total. The Labute approximate surface area is 298 Å². The van der Waals surface area contributed by atoms with Crippen molar-refractivity contribution in [2.75, 3.05) is 0 Å². The molecule has 51 heavy (non-hydrogen) atoms. The van der Waals surface area contributed by atoms with Gasteiger partial charge in [-0.15, -0.1) is 11.3 Å². The van der Waals surface area contributed by atoms with Crippen molar-refractivity contribution in [2.24, 2.45) is 0 Å². The zero-order valence-corrected chi connectivity index (χ0v) is 28.4. The van der Waals surface area contributed by atoms with E-state index in [1.54, 1.807) is 0 Å². The number of benzene rings is 8. The first-order valence-corrected chi connectivity index (χ1v) is 18.3. The van der Waals surface area contributed by atoms with Crippen molar-refractivity contribution in [1.82, 2.24) is 9.13 Å². The molecular weight excluding hydrogens is 637 g/mol. The van der Waals surface area contributed by atoms with Crippen molar-refractivity contribution in [1.29, 1.82) is 0 Å². The lowest BCUT2D eigenvalue weighted by Crippen LogP contribution is -1.96. The summed E-state index contributed by atoms with van der Waals surface area (Å²) in [5.41, 5.74) is 12.1. The predicted octanol–water partition coefficient (Wildman–Crippen LogP) is 13.6. The van der Waals surface area contributed by atoms with Crippen molar-refractivity contribution >= 4 is 75.1 Å². The van der Waals surface area contributed by atoms with Gasteiger partial charge < -0.3 is 9.13 Å². The monoisotopic (exact) mass is 666 g/mol. The second-order valence-corrected chi connectivity index (χ2v) is 14.4. The van der Waals surface area contributed by atoms with Crippen LogP contribution in [-0.4, -0.2) is 9.13 Å². The molecule has 0 atom stereocenters. The molecule has 0 aliphatic carbocycles. The highest BCUT2D eigenvalue weighted by Gasteiger charge is 2.19. The Kier molecular flexibility index (Phi) is 6.16. The zero-order chi connectivity index (χ0) is 33.5. The summed E-state index contributed by atoms with van der Waals surface area (Å²) in [5, 5.41) is 7.70. The second-order valence-electron chi connectivity index (χ2n) is 13.3. The zero-order valence-electron chi connectivity index (χ0n) is 27.6. The Morgan fingerprint density at radius 1 is 0.314 bits per heavy atom. The minimum absolute atomic E-state index is 1.15. The highest BCUT2D eigenvalue weighted by Crippen LogP contribution is 2.42. The first-order chi connectivity index (χ1) is 25.3. The van der Waals surface area contributed by atoms with E-state index in [9.17, 15) is 0 Å². The molecule has 0 radical (unpaired) electrons. The Hall–Kier alpha value is -6.42. The minimum atomic E-state index is 1.15. The van der Waals surface area contributed by atoms with Crippen LogP contribution in [0.2, 0.25) is 0 Å². The molecule has 3 aromatic heterocycles. The van der Waals surface area contributed by atoms with Crippen LogP contribution in [0.4, 0.5) is 0 Å². The maximum Gasteiger partial charge on any atom is 0.0562 e. The second kappa shape index (κ2) is 11.0. The number of hydrogen-bond acceptors (Lipinski definition) is 1. The van der Waals surface area contributed by atoms with Crippen LogP contribution in [0.25, 0.3) is 97.4 Å². The number of aromatic nitrogens is 2. The lowest BCUT2D eigenvalue weighted by atomic mass is 10.0. The van der Waals surface area contributed by atoms with Crippen LogP contribution in [-0.2, 0) is 0 Å². The van der Waals surface area contributed by atoms with Gasteiger partial charge in [-0.2, -0.15) is 0 Å². The third-order valence-corrected chi connectivity index (χ3v) is 11.7. The SMILES string of the molecule is c1ccc(-c2cccc(-n3c4ccccc4c4cc5c6ccccc6n(-c6ccc(-c7cccc8c7sc7ccccc78)cc6)c5cc43)c2)cc1. The summed E-state index contributed by atoms with van der Waals surface area (Å²) in [6.07, 6.45) is 0. The average molecular weight is 667 g/mol. The van der Waals surface area contributed by atoms with Crippen LogP contribution in [0.5, 0.6) is 0 Å². The van der Waals surface area contributed by atoms with Gasteiger partial charge in [0.1, 0.15) is 0 Å². The van der Waals surface area contributed by atoms with E-state index >= 15 is 0 Å². The molecule has 0 aliphatic heterocycles. The third-order valence-electron chi connectivity index (χ3n) is 10.5. The van der Waals surface area contributed by atoms with Crippen LogP contribution < -0.4 is 0 Å². The number of fused-ring (bicyclic) bond motifs is 9. The minimum Gasteiger partial charge on any atom is -0.309 e. The molecule has 11 rings (SSSR count). The van der Waals surface area contributed by atoms with Crippen molar-refractivity contribution in [3.63, 3.8) is 0 Å². The molecule has 0 saturated carbocycles. The summed E-state index contributed by atoms with van der Waals surface area (Å²) in [7, 11) is 0. The maximum atomic E-state index is 2.44. The number of rotatable bonds is 4. The average Bonchev–Trinajstić information content (AvgIpc) is 3.85. The molecule has 3 heterocycles. The fourth-order valence-electron chi connectivity index (χ4n) is 8.21. The van der Waals surface area contributed by atoms with Gasteiger partial charge in [0, 0.05) is 53.1 Å². The van der Waals surface area contributed by atoms with E-state index in [0.29, 0.717) is 0 Å². The lowest BCUT2D eigenvalue weighted by Gasteiger charge is -2.12. The highest BCUT2D eigenvalue weighted by molar-refractivity contribution is 7.26. The van der Waals surface area contributed by atoms with Crippen LogP contribution in [0.1, 0.15) is 0 Å². The van der Waals surface area contributed by atoms with Crippen LogP contribution in [0.3, 0.4) is 0 Å². The van der Waals surface area contributed by atoms with Gasteiger partial charge in [-0.25, -0.2) is 0 Å². The normalized spacial score (nSPS) is 11.9. The van der Waals surface area contributed by atoms with Crippen LogP contribution in [0, 0.1) is 0 Å². The van der Waals surface area contributed by atoms with Crippen LogP contribution >= 0.6 is 11.3 Å².